The van der Waals surface area contributed by atoms with Crippen LogP contribution in [0.25, 0.3) is 0 Å². The molecule has 0 fully saturated rings. The van der Waals surface area contributed by atoms with Crippen LogP contribution in [0, 0.1) is 4.91 Å². The second-order valence-corrected chi connectivity index (χ2v) is 0.547. The molecule has 0 heterocycles. The van der Waals surface area contributed by atoms with E-state index in [9.17, 15) is 0 Å². The minimum absolute atomic E-state index is 0.0417. The first-order valence-corrected chi connectivity index (χ1v) is 1.20. The lowest BCUT2D eigenvalue weighted by atomic mass is 11.3. The Bertz CT molecular complexity index is 28.8. The van der Waals surface area contributed by atoms with Gasteiger partial charge in [0.2, 0.25) is 0 Å². The van der Waals surface area contributed by atoms with Crippen molar-refractivity contribution in [2.75, 3.05) is 13.8 Å². The monoisotopic (exact) mass is 75.0 g/mol. The number of nitrogens with zero attached hydrogens (tertiary/aromatic N) is 1. The zero-order chi connectivity index (χ0) is 4.12. The van der Waals surface area contributed by atoms with Crippen LogP contribution >= 0.6 is 0 Å². The number of ether oxygens (including phenoxy) is 1. The topological polar surface area (TPSA) is 38.7 Å². The maximum absolute atomic E-state index is 9.03. The fourth-order valence-electron chi connectivity index (χ4n) is 0.0527. The van der Waals surface area contributed by atoms with E-state index < -0.39 is 0 Å². The van der Waals surface area contributed by atoms with Gasteiger partial charge in [-0.25, -0.2) is 0 Å². The molecule has 0 saturated carbocycles. The highest BCUT2D eigenvalue weighted by molar-refractivity contribution is 4.13. The Balaban J connectivity index is 2.40. The summed E-state index contributed by atoms with van der Waals surface area (Å²) in [6, 6.07) is 0. The van der Waals surface area contributed by atoms with Crippen LogP contribution in [0.15, 0.2) is 5.18 Å². The van der Waals surface area contributed by atoms with Crippen molar-refractivity contribution < 1.29 is 4.74 Å². The molecule has 0 rings (SSSR count). The van der Waals surface area contributed by atoms with Gasteiger partial charge in [0.05, 0.1) is 0 Å². The van der Waals surface area contributed by atoms with E-state index in [2.05, 4.69) is 9.91 Å². The first-order valence-electron chi connectivity index (χ1n) is 1.20. The van der Waals surface area contributed by atoms with Crippen molar-refractivity contribution in [1.82, 2.24) is 0 Å². The van der Waals surface area contributed by atoms with Crippen LogP contribution in [0.5, 0.6) is 0 Å². The van der Waals surface area contributed by atoms with E-state index >= 15 is 0 Å². The van der Waals surface area contributed by atoms with Crippen molar-refractivity contribution in [3.05, 3.63) is 4.91 Å². The molecular weight excluding hydrogens is 70.0 g/mol. The summed E-state index contributed by atoms with van der Waals surface area (Å²) < 4.78 is 4.21. The second-order valence-electron chi connectivity index (χ2n) is 0.547. The highest BCUT2D eigenvalue weighted by Crippen LogP contribution is 1.60. The Kier molecular flexibility index (Phi) is 3.25. The molecular formula is C2H5NO2. The van der Waals surface area contributed by atoms with Gasteiger partial charge in [-0.1, -0.05) is 0 Å². The molecule has 3 heteroatoms. The van der Waals surface area contributed by atoms with E-state index in [1.54, 1.807) is 0 Å². The zero-order valence-corrected chi connectivity index (χ0v) is 2.97. The SMILES string of the molecule is COCN=O. The van der Waals surface area contributed by atoms with Gasteiger partial charge in [-0.2, -0.15) is 0 Å². The Labute approximate surface area is 29.9 Å². The number of methoxy groups -OCH3 is 1. The molecule has 0 aromatic carbocycles. The minimum atomic E-state index is -0.0417. The summed E-state index contributed by atoms with van der Waals surface area (Å²) in [7, 11) is 1.42. The predicted octanol–water partition coefficient (Wildman–Crippen LogP) is 0.357. The molecule has 0 aliphatic rings. The first kappa shape index (κ1) is 4.56. The van der Waals surface area contributed by atoms with E-state index in [1.165, 1.54) is 7.11 Å². The van der Waals surface area contributed by atoms with Gasteiger partial charge in [0.1, 0.15) is 0 Å². The third kappa shape index (κ3) is 3.56. The Morgan fingerprint density at radius 1 is 2.00 bits per heavy atom. The number of rotatable bonds is 2. The van der Waals surface area contributed by atoms with Crippen LogP contribution in [0.4, 0.5) is 0 Å². The van der Waals surface area contributed by atoms with Gasteiger partial charge in [-0.15, -0.1) is 4.91 Å². The van der Waals surface area contributed by atoms with Gasteiger partial charge in [0.25, 0.3) is 0 Å². The van der Waals surface area contributed by atoms with Gasteiger partial charge >= 0.3 is 0 Å². The molecule has 0 N–H and O–H groups in total. The van der Waals surface area contributed by atoms with Crippen molar-refractivity contribution >= 4 is 0 Å². The molecule has 3 nitrogen and oxygen atoms in total. The van der Waals surface area contributed by atoms with Crippen LogP contribution in [-0.2, 0) is 4.74 Å². The van der Waals surface area contributed by atoms with Gasteiger partial charge < -0.3 is 4.74 Å². The Hall–Kier alpha value is -0.440. The molecule has 0 aromatic rings. The lowest BCUT2D eigenvalue weighted by molar-refractivity contribution is 0.208. The van der Waals surface area contributed by atoms with Crippen molar-refractivity contribution in [1.29, 1.82) is 0 Å². The number of hydrogen-bond donors (Lipinski definition) is 0. The summed E-state index contributed by atoms with van der Waals surface area (Å²) in [6.07, 6.45) is 0. The van der Waals surface area contributed by atoms with E-state index in [4.69, 9.17) is 4.91 Å². The maximum atomic E-state index is 9.03. The summed E-state index contributed by atoms with van der Waals surface area (Å²) in [5, 5.41) is 2.38. The van der Waals surface area contributed by atoms with Crippen molar-refractivity contribution in [3.8, 4) is 0 Å². The summed E-state index contributed by atoms with van der Waals surface area (Å²) in [6.45, 7) is -0.0417. The molecule has 0 amide bonds. The van der Waals surface area contributed by atoms with Crippen molar-refractivity contribution in [2.45, 2.75) is 0 Å². The standard InChI is InChI=1S/C2H5NO2/c1-5-2-3-4/h2H2,1H3. The Morgan fingerprint density at radius 3 is 2.60 bits per heavy atom. The summed E-state index contributed by atoms with van der Waals surface area (Å²) in [5.74, 6) is 0. The molecule has 0 atom stereocenters. The molecule has 0 aromatic heterocycles. The average molecular weight is 75.1 g/mol. The van der Waals surface area contributed by atoms with Gasteiger partial charge in [0, 0.05) is 7.11 Å². The molecule has 5 heavy (non-hydrogen) atoms. The van der Waals surface area contributed by atoms with Gasteiger partial charge in [0.15, 0.2) is 6.73 Å². The van der Waals surface area contributed by atoms with Crippen molar-refractivity contribution in [2.24, 2.45) is 5.18 Å². The normalized spacial score (nSPS) is 7.40. The van der Waals surface area contributed by atoms with E-state index in [-0.39, 0.29) is 6.73 Å². The summed E-state index contributed by atoms with van der Waals surface area (Å²) >= 11 is 0. The zero-order valence-electron chi connectivity index (χ0n) is 2.97. The first-order chi connectivity index (χ1) is 2.41. The summed E-state index contributed by atoms with van der Waals surface area (Å²) in [4.78, 5) is 9.03. The van der Waals surface area contributed by atoms with Crippen LogP contribution in [0.2, 0.25) is 0 Å². The third-order valence-electron chi connectivity index (χ3n) is 0.182. The smallest absolute Gasteiger partial charge is 0.178 e. The molecule has 0 saturated heterocycles. The van der Waals surface area contributed by atoms with E-state index in [0.717, 1.165) is 0 Å². The molecule has 30 valence electrons. The fraction of sp³-hybridized carbons (Fsp3) is 1.00. The lowest BCUT2D eigenvalue weighted by Gasteiger charge is -1.75. The van der Waals surface area contributed by atoms with Crippen LogP contribution in [0.1, 0.15) is 0 Å². The Morgan fingerprint density at radius 2 is 2.60 bits per heavy atom. The molecule has 0 unspecified atom stereocenters. The van der Waals surface area contributed by atoms with Gasteiger partial charge in [-0.3, -0.25) is 0 Å². The third-order valence-corrected chi connectivity index (χ3v) is 0.182. The summed E-state index contributed by atoms with van der Waals surface area (Å²) in [5.41, 5.74) is 0. The van der Waals surface area contributed by atoms with Crippen molar-refractivity contribution in [3.63, 3.8) is 0 Å². The quantitative estimate of drug-likeness (QED) is 0.444. The molecule has 0 bridgehead atoms. The minimum Gasteiger partial charge on any atom is -0.359 e. The fourth-order valence-corrected chi connectivity index (χ4v) is 0.0527. The van der Waals surface area contributed by atoms with Crippen LogP contribution in [-0.4, -0.2) is 13.8 Å². The van der Waals surface area contributed by atoms with Gasteiger partial charge in [-0.05, 0) is 5.18 Å². The van der Waals surface area contributed by atoms with Crippen LogP contribution < -0.4 is 0 Å². The number of hydrogen-bond acceptors (Lipinski definition) is 3. The second kappa shape index (κ2) is 3.56. The molecule has 0 aliphatic carbocycles. The average Bonchev–Trinajstić information content (AvgIpc) is 1.41. The lowest BCUT2D eigenvalue weighted by Crippen LogP contribution is -1.76. The van der Waals surface area contributed by atoms with E-state index in [0.29, 0.717) is 0 Å². The molecule has 0 spiro atoms. The highest BCUT2D eigenvalue weighted by atomic mass is 16.5. The highest BCUT2D eigenvalue weighted by Gasteiger charge is 1.63. The van der Waals surface area contributed by atoms with Crippen LogP contribution in [0.3, 0.4) is 0 Å². The van der Waals surface area contributed by atoms with E-state index in [1.807, 2.05) is 0 Å². The maximum Gasteiger partial charge on any atom is 0.178 e. The number of nitroso groups, excluding NO2 is 1. The molecule has 0 radical (unpaired) electrons. The molecule has 0 aliphatic heterocycles. The predicted molar refractivity (Wildman–Crippen MR) is 17.7 cm³/mol. The largest absolute Gasteiger partial charge is 0.359 e.